The van der Waals surface area contributed by atoms with Gasteiger partial charge in [-0.3, -0.25) is 14.6 Å². The fourth-order valence-corrected chi connectivity index (χ4v) is 3.37. The van der Waals surface area contributed by atoms with Crippen LogP contribution in [0.25, 0.3) is 0 Å². The molecule has 0 N–H and O–H groups in total. The Bertz CT molecular complexity index is 750. The van der Waals surface area contributed by atoms with Gasteiger partial charge in [-0.15, -0.1) is 10.1 Å². The van der Waals surface area contributed by atoms with Gasteiger partial charge in [0, 0.05) is 13.6 Å². The van der Waals surface area contributed by atoms with Gasteiger partial charge in [0.25, 0.3) is 5.91 Å². The van der Waals surface area contributed by atoms with Crippen LogP contribution in [0.2, 0.25) is 0 Å². The topological polar surface area (TPSA) is 71.6 Å². The average molecular weight is 345 g/mol. The number of fused-ring (bicyclic) bond motifs is 2. The predicted octanol–water partition coefficient (Wildman–Crippen LogP) is 1.10. The molecule has 0 radical (unpaired) electrons. The van der Waals surface area contributed by atoms with E-state index in [2.05, 4.69) is 16.7 Å². The van der Waals surface area contributed by atoms with Gasteiger partial charge < -0.3 is 0 Å². The lowest BCUT2D eigenvalue weighted by atomic mass is 10.1. The first-order valence-electron chi connectivity index (χ1n) is 8.57. The lowest BCUT2D eigenvalue weighted by Gasteiger charge is -2.35. The Morgan fingerprint density at radius 2 is 2.04 bits per heavy atom. The summed E-state index contributed by atoms with van der Waals surface area (Å²) in [6, 6.07) is -0.979. The molecule has 0 saturated carbocycles. The highest BCUT2D eigenvalue weighted by Crippen LogP contribution is 2.25. The number of nitrogens with zero attached hydrogens (tertiary/aromatic N) is 6. The van der Waals surface area contributed by atoms with Crippen molar-refractivity contribution >= 4 is 29.4 Å². The Balaban J connectivity index is 2.07. The molecular weight excluding hydrogens is 320 g/mol. The molecule has 3 heterocycles. The Morgan fingerprint density at radius 1 is 1.36 bits per heavy atom. The van der Waals surface area contributed by atoms with Gasteiger partial charge in [-0.05, 0) is 32.8 Å². The largest absolute Gasteiger partial charge is 0.417 e. The van der Waals surface area contributed by atoms with Crippen molar-refractivity contribution in [3.8, 4) is 0 Å². The van der Waals surface area contributed by atoms with Crippen LogP contribution in [-0.2, 0) is 4.79 Å². The summed E-state index contributed by atoms with van der Waals surface area (Å²) in [4.78, 5) is 33.0. The highest BCUT2D eigenvalue weighted by molar-refractivity contribution is 6.23. The minimum absolute atomic E-state index is 0.0725. The molecule has 0 bridgehead atoms. The van der Waals surface area contributed by atoms with E-state index in [1.807, 2.05) is 32.3 Å². The summed E-state index contributed by atoms with van der Waals surface area (Å²) < 4.78 is 1.97. The van der Waals surface area contributed by atoms with Crippen molar-refractivity contribution in [2.24, 2.45) is 10.1 Å². The van der Waals surface area contributed by atoms with E-state index in [-0.39, 0.29) is 18.0 Å². The Hall–Kier alpha value is -2.51. The first-order valence-corrected chi connectivity index (χ1v) is 8.57. The Morgan fingerprint density at radius 3 is 2.64 bits per heavy atom. The molecule has 3 rings (SSSR count). The number of hydrazone groups is 1. The van der Waals surface area contributed by atoms with Gasteiger partial charge in [0.15, 0.2) is 0 Å². The number of likely N-dealkylation sites (N-methyl/N-ethyl adjacent to an activating group) is 1. The number of hydrogen-bond acceptors (Lipinski definition) is 5. The summed E-state index contributed by atoms with van der Waals surface area (Å²) in [5, 5.41) is 6.37. The second-order valence-electron chi connectivity index (χ2n) is 6.84. The molecule has 25 heavy (non-hydrogen) atoms. The van der Waals surface area contributed by atoms with E-state index in [0.717, 1.165) is 17.7 Å². The predicted molar refractivity (Wildman–Crippen MR) is 95.7 cm³/mol. The fourth-order valence-electron chi connectivity index (χ4n) is 3.37. The number of rotatable bonds is 4. The molecule has 3 amide bonds. The highest BCUT2D eigenvalue weighted by Gasteiger charge is 2.55. The lowest BCUT2D eigenvalue weighted by Crippen LogP contribution is -2.64. The van der Waals surface area contributed by atoms with E-state index in [1.165, 1.54) is 9.80 Å². The number of amidine groups is 1. The molecule has 134 valence electrons. The summed E-state index contributed by atoms with van der Waals surface area (Å²) in [6.07, 6.45) is 0.721. The number of amides is 3. The first-order chi connectivity index (χ1) is 11.8. The molecule has 1 saturated heterocycles. The molecule has 2 unspecified atom stereocenters. The molecule has 3 aliphatic heterocycles. The van der Waals surface area contributed by atoms with E-state index in [4.69, 9.17) is 0 Å². The molecule has 2 atom stereocenters. The molecule has 8 heteroatoms. The van der Waals surface area contributed by atoms with Gasteiger partial charge in [0.1, 0.15) is 12.6 Å². The van der Waals surface area contributed by atoms with E-state index >= 15 is 0 Å². The smallest absolute Gasteiger partial charge is 0.270 e. The number of imide groups is 1. The molecule has 8 nitrogen and oxygen atoms in total. The molecule has 0 aromatic heterocycles. The quantitative estimate of drug-likeness (QED) is 0.566. The number of carbonyl (C=O) groups is 2. The van der Waals surface area contributed by atoms with Crippen LogP contribution in [0.4, 0.5) is 4.79 Å². The van der Waals surface area contributed by atoms with E-state index in [1.54, 1.807) is 12.1 Å². The normalized spacial score (nSPS) is 25.9. The maximum Gasteiger partial charge on any atom is 0.417 e. The Kier molecular flexibility index (Phi) is 4.22. The van der Waals surface area contributed by atoms with E-state index in [0.29, 0.717) is 24.9 Å². The standard InChI is InChI=1S/C17H25N6O2/c1-7-8-21-15(24)13-14(20(6)17(21)25)18-16-22(9-10(2)3)19-11(4)12(5)23(13)16/h12-13H,2,7-9H2,1,3-6H3/q+1. The van der Waals surface area contributed by atoms with Crippen LogP contribution in [0.5, 0.6) is 0 Å². The highest BCUT2D eigenvalue weighted by atomic mass is 16.2. The molecule has 0 aliphatic carbocycles. The second-order valence-corrected chi connectivity index (χ2v) is 6.84. The third-order valence-corrected chi connectivity index (χ3v) is 4.73. The zero-order valence-corrected chi connectivity index (χ0v) is 15.5. The summed E-state index contributed by atoms with van der Waals surface area (Å²) in [5.74, 6) is 0.865. The average Bonchev–Trinajstić information content (AvgIpc) is 2.95. The summed E-state index contributed by atoms with van der Waals surface area (Å²) in [5.41, 5.74) is 1.84. The molecular formula is C17H25N6O2+. The van der Waals surface area contributed by atoms with Gasteiger partial charge in [-0.2, -0.15) is 0 Å². The molecule has 0 aromatic rings. The van der Waals surface area contributed by atoms with Gasteiger partial charge >= 0.3 is 12.0 Å². The van der Waals surface area contributed by atoms with E-state index < -0.39 is 6.04 Å². The van der Waals surface area contributed by atoms with Crippen LogP contribution in [0.3, 0.4) is 0 Å². The number of hydrogen-bond donors (Lipinski definition) is 0. The lowest BCUT2D eigenvalue weighted by molar-refractivity contribution is -0.559. The van der Waals surface area contributed by atoms with Crippen LogP contribution in [-0.4, -0.2) is 81.1 Å². The number of carbonyl (C=O) groups excluding carboxylic acids is 2. The summed E-state index contributed by atoms with van der Waals surface area (Å²) in [6.45, 7) is 12.7. The van der Waals surface area contributed by atoms with Crippen LogP contribution < -0.4 is 0 Å². The monoisotopic (exact) mass is 345 g/mol. The minimum Gasteiger partial charge on any atom is -0.270 e. The maximum atomic E-state index is 13.1. The van der Waals surface area contributed by atoms with Crippen molar-refractivity contribution in [3.63, 3.8) is 0 Å². The fraction of sp³-hybridized carbons (Fsp3) is 0.588. The zero-order chi connectivity index (χ0) is 18.5. The van der Waals surface area contributed by atoms with Gasteiger partial charge in [-0.25, -0.2) is 9.37 Å². The Labute approximate surface area is 147 Å². The van der Waals surface area contributed by atoms with Crippen LogP contribution in [0.15, 0.2) is 22.2 Å². The molecule has 1 fully saturated rings. The molecule has 3 aliphatic rings. The number of guanidine groups is 1. The van der Waals surface area contributed by atoms with Crippen LogP contribution in [0, 0.1) is 0 Å². The van der Waals surface area contributed by atoms with Crippen molar-refractivity contribution in [2.75, 3.05) is 20.1 Å². The van der Waals surface area contributed by atoms with Crippen LogP contribution in [0.1, 0.15) is 34.1 Å². The first kappa shape index (κ1) is 17.3. The van der Waals surface area contributed by atoms with Crippen LogP contribution >= 0.6 is 0 Å². The maximum absolute atomic E-state index is 13.1. The van der Waals surface area contributed by atoms with E-state index in [9.17, 15) is 9.59 Å². The van der Waals surface area contributed by atoms with Gasteiger partial charge in [0.05, 0.1) is 5.71 Å². The van der Waals surface area contributed by atoms with Crippen molar-refractivity contribution in [1.29, 1.82) is 0 Å². The summed E-state index contributed by atoms with van der Waals surface area (Å²) in [7, 11) is 1.67. The molecule has 0 aromatic carbocycles. The number of aliphatic imine (C=N–C) groups is 1. The minimum atomic E-state index is -0.586. The third kappa shape index (κ3) is 2.56. The van der Waals surface area contributed by atoms with Crippen molar-refractivity contribution < 1.29 is 14.2 Å². The second kappa shape index (κ2) is 6.09. The SMILES string of the molecule is C=C(C)CN1N=C(C)C(C)[N+]2=C1N=C1C2C(=O)N(CCC)C(=O)N1C. The van der Waals surface area contributed by atoms with Gasteiger partial charge in [0.2, 0.25) is 11.9 Å². The zero-order valence-electron chi connectivity index (χ0n) is 15.5. The van der Waals surface area contributed by atoms with Gasteiger partial charge in [-0.1, -0.05) is 18.5 Å². The summed E-state index contributed by atoms with van der Waals surface area (Å²) >= 11 is 0. The van der Waals surface area contributed by atoms with Crippen molar-refractivity contribution in [1.82, 2.24) is 14.8 Å². The third-order valence-electron chi connectivity index (χ3n) is 4.73. The molecule has 0 spiro atoms. The van der Waals surface area contributed by atoms with Crippen molar-refractivity contribution in [2.45, 2.75) is 46.2 Å². The van der Waals surface area contributed by atoms with Crippen molar-refractivity contribution in [3.05, 3.63) is 12.2 Å². The number of urea groups is 1.